The minimum Gasteiger partial charge on any atom is -0.375 e. The Labute approximate surface area is 134 Å². The molecule has 0 saturated carbocycles. The average molecular weight is 341 g/mol. The number of amides is 2. The van der Waals surface area contributed by atoms with E-state index < -0.39 is 21.1 Å². The molecule has 3 rings (SSSR count). The van der Waals surface area contributed by atoms with E-state index in [0.717, 1.165) is 0 Å². The van der Waals surface area contributed by atoms with E-state index in [0.29, 0.717) is 12.2 Å². The Kier molecular flexibility index (Phi) is 4.15. The van der Waals surface area contributed by atoms with Crippen molar-refractivity contribution in [2.45, 2.75) is 11.3 Å². The Morgan fingerprint density at radius 3 is 2.87 bits per heavy atom. The SMILES string of the molecule is COCC(=O)N[C@@H]1CS(=O)(=O)[C@H]2CN(C(=O)c3ccc[nH]3)C[C@@H]12. The van der Waals surface area contributed by atoms with Gasteiger partial charge in [0.05, 0.1) is 11.0 Å². The Hall–Kier alpha value is -1.87. The lowest BCUT2D eigenvalue weighted by Crippen LogP contribution is -2.43. The fourth-order valence-electron chi connectivity index (χ4n) is 3.39. The first-order chi connectivity index (χ1) is 10.9. The number of nitrogens with one attached hydrogen (secondary N) is 2. The summed E-state index contributed by atoms with van der Waals surface area (Å²) in [5.74, 6) is -0.925. The van der Waals surface area contributed by atoms with Gasteiger partial charge in [0.2, 0.25) is 5.91 Å². The van der Waals surface area contributed by atoms with E-state index >= 15 is 0 Å². The number of likely N-dealkylation sites (tertiary alicyclic amines) is 1. The van der Waals surface area contributed by atoms with Crippen LogP contribution in [0.1, 0.15) is 10.5 Å². The number of ether oxygens (including phenoxy) is 1. The third-order valence-electron chi connectivity index (χ3n) is 4.44. The van der Waals surface area contributed by atoms with Crippen molar-refractivity contribution in [1.82, 2.24) is 15.2 Å². The normalized spacial score (nSPS) is 28.6. The number of carbonyl (C=O) groups is 2. The molecule has 2 N–H and O–H groups in total. The first kappa shape index (κ1) is 16.0. The highest BCUT2D eigenvalue weighted by molar-refractivity contribution is 7.92. The van der Waals surface area contributed by atoms with Crippen LogP contribution in [0.25, 0.3) is 0 Å². The van der Waals surface area contributed by atoms with Crippen molar-refractivity contribution in [3.05, 3.63) is 24.0 Å². The van der Waals surface area contributed by atoms with Crippen LogP contribution in [0.2, 0.25) is 0 Å². The van der Waals surface area contributed by atoms with E-state index in [1.807, 2.05) is 0 Å². The fraction of sp³-hybridized carbons (Fsp3) is 0.571. The number of aromatic amines is 1. The maximum absolute atomic E-state index is 12.4. The van der Waals surface area contributed by atoms with Crippen LogP contribution in [0.3, 0.4) is 0 Å². The Morgan fingerprint density at radius 1 is 1.43 bits per heavy atom. The molecule has 0 aliphatic carbocycles. The molecule has 0 bridgehead atoms. The van der Waals surface area contributed by atoms with Gasteiger partial charge in [0.1, 0.15) is 12.3 Å². The molecule has 3 atom stereocenters. The second-order valence-corrected chi connectivity index (χ2v) is 8.20. The predicted molar refractivity (Wildman–Crippen MR) is 81.6 cm³/mol. The molecule has 0 unspecified atom stereocenters. The van der Waals surface area contributed by atoms with Crippen LogP contribution >= 0.6 is 0 Å². The molecule has 8 nitrogen and oxygen atoms in total. The number of hydrogen-bond acceptors (Lipinski definition) is 5. The van der Waals surface area contributed by atoms with Gasteiger partial charge in [0, 0.05) is 38.4 Å². The van der Waals surface area contributed by atoms with Crippen LogP contribution in [0.5, 0.6) is 0 Å². The van der Waals surface area contributed by atoms with E-state index in [1.54, 1.807) is 18.3 Å². The number of H-pyrrole nitrogens is 1. The molecule has 2 amide bonds. The van der Waals surface area contributed by atoms with Gasteiger partial charge in [-0.25, -0.2) is 8.42 Å². The molecule has 2 aliphatic heterocycles. The summed E-state index contributed by atoms with van der Waals surface area (Å²) in [6, 6.07) is 2.89. The molecule has 2 fully saturated rings. The van der Waals surface area contributed by atoms with Gasteiger partial charge in [0.25, 0.3) is 5.91 Å². The lowest BCUT2D eigenvalue weighted by atomic mass is 10.0. The first-order valence-electron chi connectivity index (χ1n) is 7.35. The molecule has 1 aromatic rings. The maximum Gasteiger partial charge on any atom is 0.270 e. The molecule has 2 aliphatic rings. The molecule has 3 heterocycles. The van der Waals surface area contributed by atoms with Gasteiger partial charge < -0.3 is 19.9 Å². The number of fused-ring (bicyclic) bond motifs is 1. The van der Waals surface area contributed by atoms with Crippen molar-refractivity contribution in [3.63, 3.8) is 0 Å². The van der Waals surface area contributed by atoms with Crippen molar-refractivity contribution in [2.24, 2.45) is 5.92 Å². The zero-order valence-corrected chi connectivity index (χ0v) is 13.5. The standard InChI is InChI=1S/C14H19N3O5S/c1-22-7-13(18)16-11-8-23(20,21)12-6-17(5-9(11)12)14(19)10-3-2-4-15-10/h2-4,9,11-12,15H,5-8H2,1H3,(H,16,18)/t9-,11+,12-/m0/s1. The highest BCUT2D eigenvalue weighted by atomic mass is 32.2. The summed E-state index contributed by atoms with van der Waals surface area (Å²) in [4.78, 5) is 28.4. The lowest BCUT2D eigenvalue weighted by Gasteiger charge is -2.20. The highest BCUT2D eigenvalue weighted by Crippen LogP contribution is 2.34. The Morgan fingerprint density at radius 2 is 2.22 bits per heavy atom. The quantitative estimate of drug-likeness (QED) is 0.731. The molecular weight excluding hydrogens is 322 g/mol. The van der Waals surface area contributed by atoms with Crippen LogP contribution in [-0.4, -0.2) is 74.0 Å². The summed E-state index contributed by atoms with van der Waals surface area (Å²) in [5, 5.41) is 2.10. The van der Waals surface area contributed by atoms with Gasteiger partial charge in [-0.3, -0.25) is 9.59 Å². The third-order valence-corrected chi connectivity index (χ3v) is 6.68. The lowest BCUT2D eigenvalue weighted by molar-refractivity contribution is -0.125. The molecule has 1 aromatic heterocycles. The number of rotatable bonds is 4. The van der Waals surface area contributed by atoms with E-state index in [-0.39, 0.29) is 36.6 Å². The molecule has 126 valence electrons. The third kappa shape index (κ3) is 2.98. The Bertz CT molecular complexity index is 700. The van der Waals surface area contributed by atoms with Crippen LogP contribution in [0.15, 0.2) is 18.3 Å². The molecule has 0 aromatic carbocycles. The maximum atomic E-state index is 12.4. The van der Waals surface area contributed by atoms with Crippen molar-refractivity contribution >= 4 is 21.7 Å². The largest absolute Gasteiger partial charge is 0.375 e. The van der Waals surface area contributed by atoms with Crippen LogP contribution in [-0.2, 0) is 19.4 Å². The number of hydrogen-bond donors (Lipinski definition) is 2. The number of sulfone groups is 1. The van der Waals surface area contributed by atoms with Gasteiger partial charge >= 0.3 is 0 Å². The Balaban J connectivity index is 1.74. The fourth-order valence-corrected chi connectivity index (χ4v) is 5.68. The van der Waals surface area contributed by atoms with Crippen molar-refractivity contribution in [3.8, 4) is 0 Å². The molecule has 0 radical (unpaired) electrons. The van der Waals surface area contributed by atoms with Crippen LogP contribution in [0, 0.1) is 5.92 Å². The summed E-state index contributed by atoms with van der Waals surface area (Å²) < 4.78 is 29.4. The second-order valence-electron chi connectivity index (χ2n) is 5.93. The molecular formula is C14H19N3O5S. The summed E-state index contributed by atoms with van der Waals surface area (Å²) in [6.07, 6.45) is 1.65. The van der Waals surface area contributed by atoms with Gasteiger partial charge in [-0.1, -0.05) is 0 Å². The van der Waals surface area contributed by atoms with E-state index in [4.69, 9.17) is 4.74 Å². The minimum absolute atomic E-state index is 0.0810. The van der Waals surface area contributed by atoms with E-state index in [9.17, 15) is 18.0 Å². The van der Waals surface area contributed by atoms with Gasteiger partial charge in [-0.2, -0.15) is 0 Å². The summed E-state index contributed by atoms with van der Waals surface area (Å²) >= 11 is 0. The average Bonchev–Trinajstić information content (AvgIpc) is 3.18. The van der Waals surface area contributed by atoms with E-state index in [1.165, 1.54) is 12.0 Å². The number of methoxy groups -OCH3 is 1. The highest BCUT2D eigenvalue weighted by Gasteiger charge is 2.53. The van der Waals surface area contributed by atoms with Crippen molar-refractivity contribution in [1.29, 1.82) is 0 Å². The van der Waals surface area contributed by atoms with Crippen molar-refractivity contribution in [2.75, 3.05) is 32.6 Å². The minimum atomic E-state index is -3.33. The summed E-state index contributed by atoms with van der Waals surface area (Å²) in [6.45, 7) is 0.375. The van der Waals surface area contributed by atoms with Gasteiger partial charge in [-0.15, -0.1) is 0 Å². The zero-order valence-electron chi connectivity index (χ0n) is 12.7. The van der Waals surface area contributed by atoms with Crippen LogP contribution < -0.4 is 5.32 Å². The topological polar surface area (TPSA) is 109 Å². The van der Waals surface area contributed by atoms with Crippen molar-refractivity contribution < 1.29 is 22.7 Å². The molecule has 23 heavy (non-hydrogen) atoms. The number of aromatic nitrogens is 1. The molecule has 0 spiro atoms. The van der Waals surface area contributed by atoms with E-state index in [2.05, 4.69) is 10.3 Å². The second kappa shape index (κ2) is 5.97. The zero-order chi connectivity index (χ0) is 16.6. The summed E-state index contributed by atoms with van der Waals surface area (Å²) in [5.41, 5.74) is 0.433. The monoisotopic (exact) mass is 341 g/mol. The van der Waals surface area contributed by atoms with Gasteiger partial charge in [0.15, 0.2) is 9.84 Å². The first-order valence-corrected chi connectivity index (χ1v) is 9.06. The number of nitrogens with zero attached hydrogens (tertiary/aromatic N) is 1. The summed E-state index contributed by atoms with van der Waals surface area (Å²) in [7, 11) is -1.93. The van der Waals surface area contributed by atoms with Gasteiger partial charge in [-0.05, 0) is 12.1 Å². The van der Waals surface area contributed by atoms with Crippen LogP contribution in [0.4, 0.5) is 0 Å². The predicted octanol–water partition coefficient (Wildman–Crippen LogP) is -0.985. The molecule has 9 heteroatoms. The smallest absolute Gasteiger partial charge is 0.270 e. The molecule has 2 saturated heterocycles. The number of carbonyl (C=O) groups excluding carboxylic acids is 2.